The zero-order chi connectivity index (χ0) is 29.0. The van der Waals surface area contributed by atoms with E-state index in [2.05, 4.69) is 49.5 Å². The Bertz CT molecular complexity index is 1390. The van der Waals surface area contributed by atoms with Crippen LogP contribution < -0.4 is 15.4 Å². The Morgan fingerprint density at radius 1 is 1.20 bits per heavy atom. The normalized spacial score (nSPS) is 15.4. The standard InChI is InChI=1S/C29H33BrClN5O4/c1-17-14-19(11-12-20(17)18-8-7-13-36(16-18)28(38)40-29(2,3)4)33-27-32-15-21(26(35-27)39-5)25(37)34-24-22(30)9-6-10-23(24)31/h6,9-12,14-15,18H,7-8,13,16H2,1-5H3,(H,34,37)(H,32,33,35)/t18-/m1/s1. The van der Waals surface area contributed by atoms with Gasteiger partial charge in [0.2, 0.25) is 11.8 Å². The highest BCUT2D eigenvalue weighted by Crippen LogP contribution is 2.33. The Morgan fingerprint density at radius 3 is 2.65 bits per heavy atom. The molecule has 0 spiro atoms. The van der Waals surface area contributed by atoms with Gasteiger partial charge in [-0.25, -0.2) is 9.78 Å². The summed E-state index contributed by atoms with van der Waals surface area (Å²) in [5, 5.41) is 6.36. The Labute approximate surface area is 247 Å². The molecule has 1 aliphatic heterocycles. The minimum Gasteiger partial charge on any atom is -0.480 e. The number of rotatable bonds is 6. The van der Waals surface area contributed by atoms with Gasteiger partial charge in [0.25, 0.3) is 5.91 Å². The van der Waals surface area contributed by atoms with Gasteiger partial charge < -0.3 is 25.0 Å². The van der Waals surface area contributed by atoms with Crippen LogP contribution in [0, 0.1) is 6.92 Å². The highest BCUT2D eigenvalue weighted by atomic mass is 79.9. The smallest absolute Gasteiger partial charge is 0.410 e. The molecule has 1 saturated heterocycles. The summed E-state index contributed by atoms with van der Waals surface area (Å²) in [4.78, 5) is 36.0. The van der Waals surface area contributed by atoms with E-state index >= 15 is 0 Å². The van der Waals surface area contributed by atoms with Crippen LogP contribution in [0.3, 0.4) is 0 Å². The number of anilines is 3. The molecule has 40 heavy (non-hydrogen) atoms. The third kappa shape index (κ3) is 7.22. The fourth-order valence-electron chi connectivity index (χ4n) is 4.60. The first-order valence-corrected chi connectivity index (χ1v) is 14.1. The predicted molar refractivity (Wildman–Crippen MR) is 160 cm³/mol. The molecule has 0 radical (unpaired) electrons. The molecule has 212 valence electrons. The number of likely N-dealkylation sites (tertiary alicyclic amines) is 1. The molecule has 2 aromatic carbocycles. The molecule has 1 atom stereocenters. The van der Waals surface area contributed by atoms with Crippen molar-refractivity contribution in [3.8, 4) is 5.88 Å². The average Bonchev–Trinajstić information content (AvgIpc) is 2.90. The summed E-state index contributed by atoms with van der Waals surface area (Å²) in [6.45, 7) is 9.01. The molecule has 2 N–H and O–H groups in total. The summed E-state index contributed by atoms with van der Waals surface area (Å²) in [6.07, 6.45) is 3.06. The number of nitrogens with zero attached hydrogens (tertiary/aromatic N) is 3. The number of aromatic nitrogens is 2. The van der Waals surface area contributed by atoms with Crippen LogP contribution >= 0.6 is 27.5 Å². The van der Waals surface area contributed by atoms with Crippen LogP contribution in [0.1, 0.15) is 61.0 Å². The highest BCUT2D eigenvalue weighted by molar-refractivity contribution is 9.10. The van der Waals surface area contributed by atoms with E-state index in [1.165, 1.54) is 18.9 Å². The van der Waals surface area contributed by atoms with Gasteiger partial charge in [-0.15, -0.1) is 0 Å². The van der Waals surface area contributed by atoms with Crippen molar-refractivity contribution in [3.05, 3.63) is 68.8 Å². The molecule has 11 heteroatoms. The summed E-state index contributed by atoms with van der Waals surface area (Å²) in [7, 11) is 1.44. The number of methoxy groups -OCH3 is 1. The van der Waals surface area contributed by atoms with E-state index in [9.17, 15) is 9.59 Å². The fraction of sp³-hybridized carbons (Fsp3) is 0.379. The number of para-hydroxylation sites is 1. The molecule has 0 aliphatic carbocycles. The van der Waals surface area contributed by atoms with Crippen molar-refractivity contribution >= 4 is 56.9 Å². The minimum absolute atomic E-state index is 0.121. The van der Waals surface area contributed by atoms with Crippen LogP contribution in [0.25, 0.3) is 0 Å². The molecular formula is C29H33BrClN5O4. The molecule has 0 bridgehead atoms. The number of benzene rings is 2. The van der Waals surface area contributed by atoms with E-state index in [0.717, 1.165) is 24.1 Å². The molecule has 1 fully saturated rings. The molecule has 2 heterocycles. The second-order valence-corrected chi connectivity index (χ2v) is 11.9. The quantitative estimate of drug-likeness (QED) is 0.294. The van der Waals surface area contributed by atoms with Gasteiger partial charge in [0, 0.05) is 35.4 Å². The monoisotopic (exact) mass is 629 g/mol. The fourth-order valence-corrected chi connectivity index (χ4v) is 5.40. The summed E-state index contributed by atoms with van der Waals surface area (Å²) in [6, 6.07) is 11.3. The SMILES string of the molecule is COc1nc(Nc2ccc([C@@H]3CCCN(C(=O)OC(C)(C)C)C3)c(C)c2)ncc1C(=O)Nc1c(Cl)cccc1Br. The van der Waals surface area contributed by atoms with Gasteiger partial charge >= 0.3 is 6.09 Å². The largest absolute Gasteiger partial charge is 0.480 e. The number of ether oxygens (including phenoxy) is 2. The summed E-state index contributed by atoms with van der Waals surface area (Å²) in [5.41, 5.74) is 3.16. The summed E-state index contributed by atoms with van der Waals surface area (Å²) >= 11 is 9.62. The van der Waals surface area contributed by atoms with Crippen molar-refractivity contribution in [2.45, 2.75) is 52.1 Å². The van der Waals surface area contributed by atoms with E-state index in [1.807, 2.05) is 32.9 Å². The maximum absolute atomic E-state index is 12.9. The molecule has 1 aliphatic rings. The molecule has 1 aromatic heterocycles. The van der Waals surface area contributed by atoms with E-state index < -0.39 is 11.5 Å². The molecule has 9 nitrogen and oxygen atoms in total. The van der Waals surface area contributed by atoms with Gasteiger partial charge in [-0.05, 0) is 91.9 Å². The first-order chi connectivity index (χ1) is 18.9. The lowest BCUT2D eigenvalue weighted by Gasteiger charge is -2.35. The first-order valence-electron chi connectivity index (χ1n) is 13.0. The van der Waals surface area contributed by atoms with Crippen LogP contribution in [0.5, 0.6) is 5.88 Å². The summed E-state index contributed by atoms with van der Waals surface area (Å²) in [5.74, 6) is 0.178. The van der Waals surface area contributed by atoms with Gasteiger partial charge in [-0.2, -0.15) is 4.98 Å². The van der Waals surface area contributed by atoms with Crippen molar-refractivity contribution in [2.24, 2.45) is 0 Å². The van der Waals surface area contributed by atoms with Crippen LogP contribution in [0.2, 0.25) is 5.02 Å². The average molecular weight is 631 g/mol. The maximum atomic E-state index is 12.9. The summed E-state index contributed by atoms with van der Waals surface area (Å²) < 4.78 is 11.6. The third-order valence-electron chi connectivity index (χ3n) is 6.43. The number of carbonyl (C=O) groups is 2. The van der Waals surface area contributed by atoms with E-state index in [4.69, 9.17) is 21.1 Å². The van der Waals surface area contributed by atoms with Crippen molar-refractivity contribution in [1.29, 1.82) is 0 Å². The van der Waals surface area contributed by atoms with E-state index in [0.29, 0.717) is 28.3 Å². The van der Waals surface area contributed by atoms with Crippen LogP contribution in [0.15, 0.2) is 47.1 Å². The topological polar surface area (TPSA) is 106 Å². The Balaban J connectivity index is 1.46. The van der Waals surface area contributed by atoms with Crippen molar-refractivity contribution in [1.82, 2.24) is 14.9 Å². The Hall–Kier alpha value is -3.37. The van der Waals surface area contributed by atoms with Crippen molar-refractivity contribution < 1.29 is 19.1 Å². The van der Waals surface area contributed by atoms with Crippen LogP contribution in [0.4, 0.5) is 22.1 Å². The first kappa shape index (κ1) is 29.6. The molecule has 4 rings (SSSR count). The predicted octanol–water partition coefficient (Wildman–Crippen LogP) is 7.32. The van der Waals surface area contributed by atoms with Gasteiger partial charge in [0.1, 0.15) is 11.2 Å². The van der Waals surface area contributed by atoms with E-state index in [-0.39, 0.29) is 29.4 Å². The number of hydrogen-bond acceptors (Lipinski definition) is 7. The lowest BCUT2D eigenvalue weighted by atomic mass is 9.88. The number of aryl methyl sites for hydroxylation is 1. The zero-order valence-electron chi connectivity index (χ0n) is 23.2. The minimum atomic E-state index is -0.521. The van der Waals surface area contributed by atoms with E-state index in [1.54, 1.807) is 23.1 Å². The van der Waals surface area contributed by atoms with Gasteiger partial charge in [0.05, 0.1) is 17.8 Å². The molecule has 2 amide bonds. The second kappa shape index (κ2) is 12.4. The van der Waals surface area contributed by atoms with Gasteiger partial charge in [-0.3, -0.25) is 4.79 Å². The lowest BCUT2D eigenvalue weighted by molar-refractivity contribution is 0.0198. The zero-order valence-corrected chi connectivity index (χ0v) is 25.5. The van der Waals surface area contributed by atoms with Crippen molar-refractivity contribution in [2.75, 3.05) is 30.8 Å². The Morgan fingerprint density at radius 2 is 1.98 bits per heavy atom. The van der Waals surface area contributed by atoms with Gasteiger partial charge in [0.15, 0.2) is 0 Å². The Kier molecular flexibility index (Phi) is 9.20. The highest BCUT2D eigenvalue weighted by Gasteiger charge is 2.29. The van der Waals surface area contributed by atoms with Gasteiger partial charge in [-0.1, -0.05) is 23.7 Å². The molecule has 3 aromatic rings. The molecular weight excluding hydrogens is 598 g/mol. The third-order valence-corrected chi connectivity index (χ3v) is 7.41. The number of amides is 2. The number of hydrogen-bond donors (Lipinski definition) is 2. The van der Waals surface area contributed by atoms with Crippen molar-refractivity contribution in [3.63, 3.8) is 0 Å². The molecule has 0 saturated carbocycles. The maximum Gasteiger partial charge on any atom is 0.410 e. The van der Waals surface area contributed by atoms with Crippen LogP contribution in [-0.4, -0.2) is 52.7 Å². The lowest BCUT2D eigenvalue weighted by Crippen LogP contribution is -2.42. The number of carbonyl (C=O) groups excluding carboxylic acids is 2. The van der Waals surface area contributed by atoms with Crippen LogP contribution in [-0.2, 0) is 4.74 Å². The number of halogens is 2. The molecule has 0 unspecified atom stereocenters. The number of nitrogens with one attached hydrogen (secondary N) is 2. The second-order valence-electron chi connectivity index (χ2n) is 10.6. The number of piperidine rings is 1.